The Hall–Kier alpha value is -1.24. The van der Waals surface area contributed by atoms with Gasteiger partial charge in [-0.15, -0.1) is 0 Å². The van der Waals surface area contributed by atoms with Crippen molar-refractivity contribution in [2.45, 2.75) is 20.3 Å². The van der Waals surface area contributed by atoms with E-state index >= 15 is 0 Å². The maximum absolute atomic E-state index is 5.04. The van der Waals surface area contributed by atoms with Gasteiger partial charge in [0.15, 0.2) is 0 Å². The average Bonchev–Trinajstić information content (AvgIpc) is 2.56. The first-order valence-electron chi connectivity index (χ1n) is 4.59. The Labute approximate surface area is 78.8 Å². The van der Waals surface area contributed by atoms with Crippen molar-refractivity contribution in [1.82, 2.24) is 0 Å². The van der Waals surface area contributed by atoms with Gasteiger partial charge in [-0.25, -0.2) is 0 Å². The van der Waals surface area contributed by atoms with Crippen molar-refractivity contribution in [3.05, 3.63) is 42.4 Å². The van der Waals surface area contributed by atoms with Gasteiger partial charge in [0.05, 0.1) is 12.5 Å². The summed E-state index contributed by atoms with van der Waals surface area (Å²) in [4.78, 5) is 0. The van der Waals surface area contributed by atoms with Crippen molar-refractivity contribution in [3.8, 4) is 0 Å². The Morgan fingerprint density at radius 2 is 2.23 bits per heavy atom. The molecule has 1 heterocycles. The summed E-state index contributed by atoms with van der Waals surface area (Å²) in [6, 6.07) is 1.99. The molecule has 1 aromatic heterocycles. The van der Waals surface area contributed by atoms with Gasteiger partial charge in [-0.05, 0) is 23.5 Å². The topological polar surface area (TPSA) is 13.1 Å². The van der Waals surface area contributed by atoms with Gasteiger partial charge in [0.1, 0.15) is 0 Å². The molecule has 0 aromatic carbocycles. The van der Waals surface area contributed by atoms with E-state index < -0.39 is 0 Å². The fraction of sp³-hybridized carbons (Fsp3) is 0.333. The zero-order chi connectivity index (χ0) is 9.31. The second-order valence-electron chi connectivity index (χ2n) is 4.20. The van der Waals surface area contributed by atoms with Gasteiger partial charge in [0, 0.05) is 5.56 Å². The zero-order valence-corrected chi connectivity index (χ0v) is 8.08. The summed E-state index contributed by atoms with van der Waals surface area (Å²) in [5.41, 5.74) is 2.76. The lowest BCUT2D eigenvalue weighted by Gasteiger charge is -2.22. The Morgan fingerprint density at radius 3 is 2.77 bits per heavy atom. The van der Waals surface area contributed by atoms with Gasteiger partial charge >= 0.3 is 0 Å². The van der Waals surface area contributed by atoms with Crippen LogP contribution in [0.25, 0.3) is 5.57 Å². The standard InChI is InChI=1S/C12H14O/c1-12(2)6-3-10(4-7-12)11-5-8-13-9-11/h3-6,8-9H,7H2,1-2H3. The highest BCUT2D eigenvalue weighted by molar-refractivity contribution is 5.74. The predicted molar refractivity (Wildman–Crippen MR) is 54.2 cm³/mol. The lowest BCUT2D eigenvalue weighted by Crippen LogP contribution is -2.08. The first kappa shape index (κ1) is 8.36. The summed E-state index contributed by atoms with van der Waals surface area (Å²) in [5.74, 6) is 0. The zero-order valence-electron chi connectivity index (χ0n) is 8.08. The molecule has 0 saturated heterocycles. The molecule has 1 heteroatoms. The van der Waals surface area contributed by atoms with E-state index in [1.807, 2.05) is 6.07 Å². The highest BCUT2D eigenvalue weighted by atomic mass is 16.3. The molecule has 0 atom stereocenters. The summed E-state index contributed by atoms with van der Waals surface area (Å²) >= 11 is 0. The Morgan fingerprint density at radius 1 is 1.38 bits per heavy atom. The lowest BCUT2D eigenvalue weighted by molar-refractivity contribution is 0.485. The van der Waals surface area contributed by atoms with Gasteiger partial charge in [0.2, 0.25) is 0 Å². The van der Waals surface area contributed by atoms with Crippen molar-refractivity contribution in [2.75, 3.05) is 0 Å². The molecule has 0 fully saturated rings. The van der Waals surface area contributed by atoms with Crippen LogP contribution >= 0.6 is 0 Å². The Kier molecular flexibility index (Phi) is 1.87. The van der Waals surface area contributed by atoms with Crippen molar-refractivity contribution in [3.63, 3.8) is 0 Å². The summed E-state index contributed by atoms with van der Waals surface area (Å²) in [7, 11) is 0. The number of hydrogen-bond donors (Lipinski definition) is 0. The molecule has 2 rings (SSSR count). The molecule has 1 aliphatic rings. The first-order chi connectivity index (χ1) is 6.17. The molecule has 0 saturated carbocycles. The Balaban J connectivity index is 2.23. The molecule has 0 spiro atoms. The first-order valence-corrected chi connectivity index (χ1v) is 4.59. The van der Waals surface area contributed by atoms with Crippen LogP contribution in [-0.4, -0.2) is 0 Å². The maximum Gasteiger partial charge on any atom is 0.0980 e. The lowest BCUT2D eigenvalue weighted by atomic mass is 9.83. The molecule has 68 valence electrons. The van der Waals surface area contributed by atoms with E-state index in [1.54, 1.807) is 12.5 Å². The summed E-state index contributed by atoms with van der Waals surface area (Å²) in [6.45, 7) is 4.48. The van der Waals surface area contributed by atoms with E-state index in [9.17, 15) is 0 Å². The number of rotatable bonds is 1. The smallest absolute Gasteiger partial charge is 0.0980 e. The van der Waals surface area contributed by atoms with Crippen molar-refractivity contribution < 1.29 is 4.42 Å². The van der Waals surface area contributed by atoms with Crippen molar-refractivity contribution >= 4 is 5.57 Å². The van der Waals surface area contributed by atoms with E-state index in [-0.39, 0.29) is 0 Å². The molecule has 1 nitrogen and oxygen atoms in total. The molecule has 0 amide bonds. The molecular weight excluding hydrogens is 160 g/mol. The van der Waals surface area contributed by atoms with Crippen LogP contribution < -0.4 is 0 Å². The summed E-state index contributed by atoms with van der Waals surface area (Å²) < 4.78 is 5.04. The van der Waals surface area contributed by atoms with Crippen LogP contribution in [0.1, 0.15) is 25.8 Å². The van der Waals surface area contributed by atoms with E-state index in [0.717, 1.165) is 6.42 Å². The third-order valence-corrected chi connectivity index (χ3v) is 2.42. The minimum absolute atomic E-state index is 0.313. The van der Waals surface area contributed by atoms with Gasteiger partial charge in [0.25, 0.3) is 0 Å². The predicted octanol–water partition coefficient (Wildman–Crippen LogP) is 3.65. The van der Waals surface area contributed by atoms with Gasteiger partial charge < -0.3 is 4.42 Å². The number of hydrogen-bond acceptors (Lipinski definition) is 1. The molecule has 1 aromatic rings. The van der Waals surface area contributed by atoms with Crippen LogP contribution in [0.15, 0.2) is 41.2 Å². The molecular formula is C12H14O. The fourth-order valence-corrected chi connectivity index (χ4v) is 1.47. The molecule has 1 aliphatic carbocycles. The van der Waals surface area contributed by atoms with Gasteiger partial charge in [-0.2, -0.15) is 0 Å². The van der Waals surface area contributed by atoms with Crippen LogP contribution in [-0.2, 0) is 0 Å². The van der Waals surface area contributed by atoms with Crippen LogP contribution in [0, 0.1) is 5.41 Å². The van der Waals surface area contributed by atoms with Crippen LogP contribution in [0.3, 0.4) is 0 Å². The van der Waals surface area contributed by atoms with Crippen molar-refractivity contribution in [1.29, 1.82) is 0 Å². The third-order valence-electron chi connectivity index (χ3n) is 2.42. The van der Waals surface area contributed by atoms with Gasteiger partial charge in [-0.3, -0.25) is 0 Å². The normalized spacial score (nSPS) is 20.0. The molecule has 0 N–H and O–H groups in total. The summed E-state index contributed by atoms with van der Waals surface area (Å²) in [6.07, 6.45) is 11.3. The molecule has 13 heavy (non-hydrogen) atoms. The Bertz CT molecular complexity index is 339. The van der Waals surface area contributed by atoms with Crippen LogP contribution in [0.5, 0.6) is 0 Å². The van der Waals surface area contributed by atoms with E-state index in [1.165, 1.54) is 11.1 Å². The number of furan rings is 1. The third kappa shape index (κ3) is 1.74. The van der Waals surface area contributed by atoms with Crippen molar-refractivity contribution in [2.24, 2.45) is 5.41 Å². The SMILES string of the molecule is CC1(C)C=CC(c2ccoc2)=CC1. The minimum atomic E-state index is 0.313. The molecule has 0 unspecified atom stereocenters. The van der Waals surface area contributed by atoms with Gasteiger partial charge in [-0.1, -0.05) is 32.1 Å². The molecule has 0 radical (unpaired) electrons. The van der Waals surface area contributed by atoms with Crippen LogP contribution in [0.4, 0.5) is 0 Å². The average molecular weight is 174 g/mol. The highest BCUT2D eigenvalue weighted by Crippen LogP contribution is 2.31. The fourth-order valence-electron chi connectivity index (χ4n) is 1.47. The van der Waals surface area contributed by atoms with E-state index in [2.05, 4.69) is 32.1 Å². The molecule has 0 bridgehead atoms. The summed E-state index contributed by atoms with van der Waals surface area (Å²) in [5, 5.41) is 0. The van der Waals surface area contributed by atoms with Crippen LogP contribution in [0.2, 0.25) is 0 Å². The quantitative estimate of drug-likeness (QED) is 0.633. The largest absolute Gasteiger partial charge is 0.472 e. The molecule has 0 aliphatic heterocycles. The van der Waals surface area contributed by atoms with E-state index in [0.29, 0.717) is 5.41 Å². The monoisotopic (exact) mass is 174 g/mol. The second-order valence-corrected chi connectivity index (χ2v) is 4.20. The maximum atomic E-state index is 5.04. The second kappa shape index (κ2) is 2.91. The highest BCUT2D eigenvalue weighted by Gasteiger charge is 2.16. The van der Waals surface area contributed by atoms with E-state index in [4.69, 9.17) is 4.42 Å². The minimum Gasteiger partial charge on any atom is -0.472 e. The number of allylic oxidation sites excluding steroid dienone is 4.